The van der Waals surface area contributed by atoms with Crippen LogP contribution in [0.1, 0.15) is 16.7 Å². The second-order valence-corrected chi connectivity index (χ2v) is 7.58. The molecule has 0 aromatic heterocycles. The van der Waals surface area contributed by atoms with Gasteiger partial charge in [-0.1, -0.05) is 53.0 Å². The zero-order chi connectivity index (χ0) is 22.4. The zero-order valence-electron chi connectivity index (χ0n) is 16.5. The molecule has 0 aliphatic heterocycles. The number of ether oxygens (including phenoxy) is 1. The molecule has 0 bridgehead atoms. The van der Waals surface area contributed by atoms with E-state index in [-0.39, 0.29) is 21.4 Å². The van der Waals surface area contributed by atoms with Crippen LogP contribution in [0.5, 0.6) is 11.5 Å². The van der Waals surface area contributed by atoms with Crippen LogP contribution in [0.4, 0.5) is 5.69 Å². The number of aryl methyl sites for hydroxylation is 1. The number of hydrogen-bond acceptors (Lipinski definition) is 4. The number of nitriles is 1. The molecule has 3 aromatic rings. The smallest absolute Gasteiger partial charge is 0.266 e. The molecule has 31 heavy (non-hydrogen) atoms. The fraction of sp³-hybridized carbons (Fsp3) is 0.0833. The number of phenols is 1. The standard InChI is InChI=1S/C24H18Cl2N2O3/c1-15-3-2-4-16(9-15)14-31-23-21(25)11-17(12-22(23)26)10-18(13-27)24(30)28-19-5-7-20(29)8-6-19/h2-12,29H,14H2,1H3,(H,28,30)/b18-10+. The quantitative estimate of drug-likeness (QED) is 0.267. The number of nitrogens with zero attached hydrogens (tertiary/aromatic N) is 1. The average molecular weight is 453 g/mol. The van der Waals surface area contributed by atoms with E-state index in [1.54, 1.807) is 12.1 Å². The number of carbonyl (C=O) groups excluding carboxylic acids is 1. The predicted molar refractivity (Wildman–Crippen MR) is 122 cm³/mol. The lowest BCUT2D eigenvalue weighted by atomic mass is 10.1. The maximum absolute atomic E-state index is 12.4. The molecule has 0 aliphatic rings. The molecule has 0 spiro atoms. The van der Waals surface area contributed by atoms with Crippen LogP contribution in [0, 0.1) is 18.3 Å². The molecule has 156 valence electrons. The maximum Gasteiger partial charge on any atom is 0.266 e. The minimum atomic E-state index is -0.597. The molecular weight excluding hydrogens is 435 g/mol. The summed E-state index contributed by atoms with van der Waals surface area (Å²) in [7, 11) is 0. The monoisotopic (exact) mass is 452 g/mol. The van der Waals surface area contributed by atoms with E-state index in [0.717, 1.165) is 11.1 Å². The van der Waals surface area contributed by atoms with Crippen LogP contribution in [0.25, 0.3) is 6.08 Å². The van der Waals surface area contributed by atoms with Crippen LogP contribution in [0.15, 0.2) is 66.2 Å². The first-order chi connectivity index (χ1) is 14.9. The second kappa shape index (κ2) is 10.0. The van der Waals surface area contributed by atoms with E-state index in [4.69, 9.17) is 27.9 Å². The lowest BCUT2D eigenvalue weighted by Gasteiger charge is -2.11. The summed E-state index contributed by atoms with van der Waals surface area (Å²) in [5.74, 6) is -0.197. The fourth-order valence-electron chi connectivity index (χ4n) is 2.82. The number of rotatable bonds is 6. The van der Waals surface area contributed by atoms with Crippen molar-refractivity contribution in [2.24, 2.45) is 0 Å². The van der Waals surface area contributed by atoms with Crippen molar-refractivity contribution in [1.82, 2.24) is 0 Å². The van der Waals surface area contributed by atoms with E-state index in [1.807, 2.05) is 37.3 Å². The summed E-state index contributed by atoms with van der Waals surface area (Å²) in [6.45, 7) is 2.30. The molecule has 3 rings (SSSR count). The molecule has 0 unspecified atom stereocenters. The number of hydrogen-bond donors (Lipinski definition) is 2. The van der Waals surface area contributed by atoms with Gasteiger partial charge in [-0.2, -0.15) is 5.26 Å². The fourth-order valence-corrected chi connectivity index (χ4v) is 3.43. The van der Waals surface area contributed by atoms with Crippen molar-refractivity contribution >= 4 is 40.9 Å². The van der Waals surface area contributed by atoms with Gasteiger partial charge in [-0.05, 0) is 60.5 Å². The first-order valence-electron chi connectivity index (χ1n) is 9.25. The minimum absolute atomic E-state index is 0.0723. The summed E-state index contributed by atoms with van der Waals surface area (Å²) in [6.07, 6.45) is 1.39. The van der Waals surface area contributed by atoms with Crippen LogP contribution in [0.3, 0.4) is 0 Å². The Bertz CT molecular complexity index is 1160. The maximum atomic E-state index is 12.4. The number of halogens is 2. The van der Waals surface area contributed by atoms with Gasteiger partial charge in [0.15, 0.2) is 5.75 Å². The minimum Gasteiger partial charge on any atom is -0.508 e. The summed E-state index contributed by atoms with van der Waals surface area (Å²) in [5, 5.41) is 21.8. The highest BCUT2D eigenvalue weighted by atomic mass is 35.5. The van der Waals surface area contributed by atoms with Crippen LogP contribution in [0.2, 0.25) is 10.0 Å². The van der Waals surface area contributed by atoms with Crippen molar-refractivity contribution in [3.05, 3.63) is 93.0 Å². The number of benzene rings is 3. The van der Waals surface area contributed by atoms with Crippen molar-refractivity contribution < 1.29 is 14.6 Å². The lowest BCUT2D eigenvalue weighted by molar-refractivity contribution is -0.112. The molecule has 0 saturated carbocycles. The Morgan fingerprint density at radius 2 is 1.81 bits per heavy atom. The van der Waals surface area contributed by atoms with Gasteiger partial charge >= 0.3 is 0 Å². The topological polar surface area (TPSA) is 82.3 Å². The highest BCUT2D eigenvalue weighted by molar-refractivity contribution is 6.37. The molecule has 0 fully saturated rings. The van der Waals surface area contributed by atoms with E-state index in [0.29, 0.717) is 23.6 Å². The molecule has 0 saturated heterocycles. The Morgan fingerprint density at radius 3 is 2.42 bits per heavy atom. The van der Waals surface area contributed by atoms with E-state index in [1.165, 1.54) is 30.3 Å². The SMILES string of the molecule is Cc1cccc(COc2c(Cl)cc(/C=C(\C#N)C(=O)Nc3ccc(O)cc3)cc2Cl)c1. The first-order valence-corrected chi connectivity index (χ1v) is 10.0. The van der Waals surface area contributed by atoms with Gasteiger partial charge in [0.1, 0.15) is 24.0 Å². The lowest BCUT2D eigenvalue weighted by Crippen LogP contribution is -2.13. The van der Waals surface area contributed by atoms with Gasteiger partial charge in [-0.25, -0.2) is 0 Å². The summed E-state index contributed by atoms with van der Waals surface area (Å²) in [4.78, 5) is 12.4. The molecule has 0 radical (unpaired) electrons. The molecule has 0 aliphatic carbocycles. The van der Waals surface area contributed by atoms with Gasteiger partial charge in [0.2, 0.25) is 0 Å². The Morgan fingerprint density at radius 1 is 1.13 bits per heavy atom. The zero-order valence-corrected chi connectivity index (χ0v) is 18.0. The third kappa shape index (κ3) is 6.02. The van der Waals surface area contributed by atoms with Gasteiger partial charge < -0.3 is 15.2 Å². The van der Waals surface area contributed by atoms with Gasteiger partial charge in [0.05, 0.1) is 10.0 Å². The molecule has 0 heterocycles. The van der Waals surface area contributed by atoms with Crippen molar-refractivity contribution in [2.45, 2.75) is 13.5 Å². The molecule has 2 N–H and O–H groups in total. The van der Waals surface area contributed by atoms with Crippen LogP contribution < -0.4 is 10.1 Å². The van der Waals surface area contributed by atoms with Gasteiger partial charge in [-0.3, -0.25) is 4.79 Å². The molecular formula is C24H18Cl2N2O3. The number of amides is 1. The van der Waals surface area contributed by atoms with Crippen molar-refractivity contribution in [1.29, 1.82) is 5.26 Å². The summed E-state index contributed by atoms with van der Waals surface area (Å²) in [5.41, 5.74) is 2.89. The first kappa shape index (κ1) is 22.2. The highest BCUT2D eigenvalue weighted by Gasteiger charge is 2.13. The molecule has 7 heteroatoms. The number of anilines is 1. The average Bonchev–Trinajstić information content (AvgIpc) is 2.73. The van der Waals surface area contributed by atoms with Crippen molar-refractivity contribution in [3.8, 4) is 17.6 Å². The highest BCUT2D eigenvalue weighted by Crippen LogP contribution is 2.35. The van der Waals surface area contributed by atoms with Crippen LogP contribution >= 0.6 is 23.2 Å². The van der Waals surface area contributed by atoms with Crippen molar-refractivity contribution in [2.75, 3.05) is 5.32 Å². The molecule has 5 nitrogen and oxygen atoms in total. The Balaban J connectivity index is 1.76. The van der Waals surface area contributed by atoms with Gasteiger partial charge in [-0.15, -0.1) is 0 Å². The number of phenolic OH excluding ortho intramolecular Hbond substituents is 1. The summed E-state index contributed by atoms with van der Waals surface area (Å²) >= 11 is 12.7. The van der Waals surface area contributed by atoms with Crippen molar-refractivity contribution in [3.63, 3.8) is 0 Å². The van der Waals surface area contributed by atoms with E-state index < -0.39 is 5.91 Å². The second-order valence-electron chi connectivity index (χ2n) is 6.76. The molecule has 1 amide bonds. The summed E-state index contributed by atoms with van der Waals surface area (Å²) in [6, 6.07) is 18.8. The molecule has 0 atom stereocenters. The third-order valence-electron chi connectivity index (χ3n) is 4.29. The van der Waals surface area contributed by atoms with E-state index in [2.05, 4.69) is 5.32 Å². The van der Waals surface area contributed by atoms with E-state index >= 15 is 0 Å². The Kier molecular flexibility index (Phi) is 7.19. The Labute approximate surface area is 190 Å². The Hall–Kier alpha value is -3.46. The van der Waals surface area contributed by atoms with E-state index in [9.17, 15) is 15.2 Å². The normalized spacial score (nSPS) is 11.0. The molecule has 3 aromatic carbocycles. The third-order valence-corrected chi connectivity index (χ3v) is 4.85. The predicted octanol–water partition coefficient (Wildman–Crippen LogP) is 6.13. The largest absolute Gasteiger partial charge is 0.508 e. The number of carbonyl (C=O) groups is 1. The van der Waals surface area contributed by atoms with Crippen LogP contribution in [-0.4, -0.2) is 11.0 Å². The number of aromatic hydroxyl groups is 1. The van der Waals surface area contributed by atoms with Gasteiger partial charge in [0, 0.05) is 5.69 Å². The van der Waals surface area contributed by atoms with Crippen LogP contribution in [-0.2, 0) is 11.4 Å². The summed E-state index contributed by atoms with van der Waals surface area (Å²) < 4.78 is 5.78. The van der Waals surface area contributed by atoms with Gasteiger partial charge in [0.25, 0.3) is 5.91 Å². The number of nitrogens with one attached hydrogen (secondary N) is 1.